The van der Waals surface area contributed by atoms with E-state index in [2.05, 4.69) is 21.0 Å². The normalized spacial score (nSPS) is 13.8. The Kier molecular flexibility index (Phi) is 5.20. The van der Waals surface area contributed by atoms with Crippen LogP contribution in [0.4, 0.5) is 0 Å². The van der Waals surface area contributed by atoms with Gasteiger partial charge in [0.2, 0.25) is 0 Å². The SMILES string of the molecule is Clc1cc(OCc2c(C3CC3)cnn2-c2c(Cl)cccc2Cl)ccc1Br. The molecule has 0 spiro atoms. The molecule has 0 radical (unpaired) electrons. The molecule has 4 rings (SSSR count). The van der Waals surface area contributed by atoms with E-state index < -0.39 is 0 Å². The molecule has 0 amide bonds. The molecule has 134 valence electrons. The molecule has 1 saturated carbocycles. The molecule has 2 aromatic carbocycles. The average Bonchev–Trinajstić information content (AvgIpc) is 3.37. The third-order valence-corrected chi connectivity index (χ3v) is 6.18. The van der Waals surface area contributed by atoms with E-state index in [1.54, 1.807) is 22.9 Å². The van der Waals surface area contributed by atoms with Crippen molar-refractivity contribution in [3.8, 4) is 11.4 Å². The van der Waals surface area contributed by atoms with Gasteiger partial charge in [0.25, 0.3) is 0 Å². The fraction of sp³-hybridized carbons (Fsp3) is 0.211. The lowest BCUT2D eigenvalue weighted by Crippen LogP contribution is -2.08. The van der Waals surface area contributed by atoms with Crippen molar-refractivity contribution in [2.75, 3.05) is 0 Å². The van der Waals surface area contributed by atoms with Gasteiger partial charge in [-0.3, -0.25) is 0 Å². The molecule has 3 nitrogen and oxygen atoms in total. The predicted molar refractivity (Wildman–Crippen MR) is 109 cm³/mol. The lowest BCUT2D eigenvalue weighted by molar-refractivity contribution is 0.296. The van der Waals surface area contributed by atoms with Gasteiger partial charge in [-0.1, -0.05) is 40.9 Å². The number of rotatable bonds is 5. The van der Waals surface area contributed by atoms with Crippen LogP contribution >= 0.6 is 50.7 Å². The smallest absolute Gasteiger partial charge is 0.131 e. The first kappa shape index (κ1) is 18.2. The van der Waals surface area contributed by atoms with Crippen molar-refractivity contribution in [3.05, 3.63) is 73.4 Å². The van der Waals surface area contributed by atoms with Gasteiger partial charge in [0.1, 0.15) is 18.0 Å². The minimum Gasteiger partial charge on any atom is -0.487 e. The highest BCUT2D eigenvalue weighted by atomic mass is 79.9. The summed E-state index contributed by atoms with van der Waals surface area (Å²) < 4.78 is 8.62. The van der Waals surface area contributed by atoms with Gasteiger partial charge in [-0.05, 0) is 65.0 Å². The zero-order valence-electron chi connectivity index (χ0n) is 13.6. The van der Waals surface area contributed by atoms with Gasteiger partial charge in [0.05, 0.1) is 27.0 Å². The number of benzene rings is 2. The maximum Gasteiger partial charge on any atom is 0.131 e. The summed E-state index contributed by atoms with van der Waals surface area (Å²) in [5.74, 6) is 1.22. The Morgan fingerprint density at radius 3 is 2.46 bits per heavy atom. The van der Waals surface area contributed by atoms with Crippen LogP contribution in [-0.2, 0) is 6.61 Å². The van der Waals surface area contributed by atoms with Crippen LogP contribution < -0.4 is 4.74 Å². The van der Waals surface area contributed by atoms with Gasteiger partial charge in [0.15, 0.2) is 0 Å². The maximum absolute atomic E-state index is 6.39. The molecule has 1 aromatic heterocycles. The Balaban J connectivity index is 1.70. The zero-order valence-corrected chi connectivity index (χ0v) is 17.4. The van der Waals surface area contributed by atoms with Crippen LogP contribution in [-0.4, -0.2) is 9.78 Å². The molecule has 26 heavy (non-hydrogen) atoms. The van der Waals surface area contributed by atoms with Crippen LogP contribution in [0, 0.1) is 0 Å². The summed E-state index contributed by atoms with van der Waals surface area (Å²) in [6.07, 6.45) is 4.22. The Bertz CT molecular complexity index is 949. The van der Waals surface area contributed by atoms with Gasteiger partial charge < -0.3 is 4.74 Å². The van der Waals surface area contributed by atoms with Crippen molar-refractivity contribution >= 4 is 50.7 Å². The van der Waals surface area contributed by atoms with Crippen LogP contribution in [0.1, 0.15) is 30.0 Å². The molecule has 7 heteroatoms. The summed E-state index contributed by atoms with van der Waals surface area (Å²) in [6.45, 7) is 0.353. The van der Waals surface area contributed by atoms with Gasteiger partial charge in [0, 0.05) is 10.0 Å². The lowest BCUT2D eigenvalue weighted by atomic mass is 10.1. The summed E-state index contributed by atoms with van der Waals surface area (Å²) in [5.41, 5.74) is 2.82. The molecular formula is C19H14BrCl3N2O. The average molecular weight is 473 g/mol. The molecule has 1 heterocycles. The molecule has 0 N–H and O–H groups in total. The summed E-state index contributed by atoms with van der Waals surface area (Å²) in [4.78, 5) is 0. The minimum absolute atomic E-state index is 0.353. The Hall–Kier alpha value is -1.20. The molecular weight excluding hydrogens is 458 g/mol. The van der Waals surface area contributed by atoms with Crippen molar-refractivity contribution in [2.45, 2.75) is 25.4 Å². The van der Waals surface area contributed by atoms with E-state index in [0.29, 0.717) is 39.0 Å². The van der Waals surface area contributed by atoms with Crippen molar-refractivity contribution in [1.29, 1.82) is 0 Å². The number of halogens is 4. The number of hydrogen-bond donors (Lipinski definition) is 0. The molecule has 1 fully saturated rings. The minimum atomic E-state index is 0.353. The lowest BCUT2D eigenvalue weighted by Gasteiger charge is -2.14. The number of para-hydroxylation sites is 1. The highest BCUT2D eigenvalue weighted by Crippen LogP contribution is 2.43. The van der Waals surface area contributed by atoms with Crippen LogP contribution in [0.2, 0.25) is 15.1 Å². The van der Waals surface area contributed by atoms with E-state index in [0.717, 1.165) is 10.2 Å². The molecule has 0 saturated heterocycles. The highest BCUT2D eigenvalue weighted by Gasteiger charge is 2.30. The fourth-order valence-corrected chi connectivity index (χ4v) is 3.84. The standard InChI is InChI=1S/C19H14BrCl3N2O/c20-14-7-6-12(8-17(14)23)26-10-18-13(11-4-5-11)9-24-25(18)19-15(21)2-1-3-16(19)22/h1-3,6-9,11H,4-5,10H2. The second-order valence-electron chi connectivity index (χ2n) is 6.17. The molecule has 0 atom stereocenters. The Morgan fingerprint density at radius 2 is 1.81 bits per heavy atom. The van der Waals surface area contributed by atoms with Gasteiger partial charge in [-0.2, -0.15) is 5.10 Å². The first-order chi connectivity index (χ1) is 12.5. The van der Waals surface area contributed by atoms with Crippen LogP contribution in [0.5, 0.6) is 5.75 Å². The molecule has 1 aliphatic rings. The summed E-state index contributed by atoms with van der Waals surface area (Å²) in [5, 5.41) is 6.26. The van der Waals surface area contributed by atoms with Crippen LogP contribution in [0.3, 0.4) is 0 Å². The van der Waals surface area contributed by atoms with E-state index in [9.17, 15) is 0 Å². The maximum atomic E-state index is 6.39. The van der Waals surface area contributed by atoms with Crippen molar-refractivity contribution in [1.82, 2.24) is 9.78 Å². The summed E-state index contributed by atoms with van der Waals surface area (Å²) in [6, 6.07) is 10.9. The molecule has 0 aliphatic heterocycles. The van der Waals surface area contributed by atoms with Gasteiger partial charge >= 0.3 is 0 Å². The Morgan fingerprint density at radius 1 is 1.08 bits per heavy atom. The number of aromatic nitrogens is 2. The monoisotopic (exact) mass is 470 g/mol. The molecule has 0 bridgehead atoms. The third kappa shape index (κ3) is 3.61. The van der Waals surface area contributed by atoms with Gasteiger partial charge in [-0.25, -0.2) is 4.68 Å². The topological polar surface area (TPSA) is 27.1 Å². The van der Waals surface area contributed by atoms with Crippen LogP contribution in [0.25, 0.3) is 5.69 Å². The van der Waals surface area contributed by atoms with Crippen LogP contribution in [0.15, 0.2) is 47.1 Å². The molecule has 0 unspecified atom stereocenters. The van der Waals surface area contributed by atoms with Crippen molar-refractivity contribution in [2.24, 2.45) is 0 Å². The first-order valence-electron chi connectivity index (χ1n) is 8.13. The molecule has 1 aliphatic carbocycles. The largest absolute Gasteiger partial charge is 0.487 e. The highest BCUT2D eigenvalue weighted by molar-refractivity contribution is 9.10. The second kappa shape index (κ2) is 7.43. The summed E-state index contributed by atoms with van der Waals surface area (Å²) >= 11 is 22.3. The fourth-order valence-electron chi connectivity index (χ4n) is 2.87. The predicted octanol–water partition coefficient (Wildman–Crippen LogP) is 7.05. The number of nitrogens with zero attached hydrogens (tertiary/aromatic N) is 2. The van der Waals surface area contributed by atoms with E-state index in [1.165, 1.54) is 18.4 Å². The van der Waals surface area contributed by atoms with E-state index >= 15 is 0 Å². The van der Waals surface area contributed by atoms with E-state index in [4.69, 9.17) is 39.5 Å². The Labute approximate surface area is 174 Å². The van der Waals surface area contributed by atoms with Gasteiger partial charge in [-0.15, -0.1) is 0 Å². The number of ether oxygens (including phenoxy) is 1. The second-order valence-corrected chi connectivity index (χ2v) is 8.24. The number of hydrogen-bond acceptors (Lipinski definition) is 2. The van der Waals surface area contributed by atoms with Crippen molar-refractivity contribution < 1.29 is 4.74 Å². The molecule has 3 aromatic rings. The van der Waals surface area contributed by atoms with Crippen molar-refractivity contribution in [3.63, 3.8) is 0 Å². The quantitative estimate of drug-likeness (QED) is 0.398. The third-order valence-electron chi connectivity index (χ3n) is 4.33. The van der Waals surface area contributed by atoms with E-state index in [1.807, 2.05) is 24.4 Å². The first-order valence-corrected chi connectivity index (χ1v) is 10.1. The van der Waals surface area contributed by atoms with E-state index in [-0.39, 0.29) is 0 Å². The summed E-state index contributed by atoms with van der Waals surface area (Å²) in [7, 11) is 0. The zero-order chi connectivity index (χ0) is 18.3.